The van der Waals surface area contributed by atoms with Crippen molar-refractivity contribution in [2.45, 2.75) is 110 Å². The van der Waals surface area contributed by atoms with Crippen LogP contribution in [-0.4, -0.2) is 29.1 Å². The van der Waals surface area contributed by atoms with Gasteiger partial charge in [0, 0.05) is 18.4 Å². The number of anilines is 1. The molecular weight excluding hydrogens is 528 g/mol. The summed E-state index contributed by atoms with van der Waals surface area (Å²) in [6.45, 7) is 5.13. The summed E-state index contributed by atoms with van der Waals surface area (Å²) in [4.78, 5) is 27.8. The highest BCUT2D eigenvalue weighted by Gasteiger charge is 2.19. The molecule has 41 heavy (non-hydrogen) atoms. The number of carbonyl (C=O) groups is 2. The summed E-state index contributed by atoms with van der Waals surface area (Å²) in [6.07, 6.45) is 20.3. The van der Waals surface area contributed by atoms with Gasteiger partial charge in [0.05, 0.1) is 23.6 Å². The summed E-state index contributed by atoms with van der Waals surface area (Å²) < 4.78 is 6.09. The van der Waals surface area contributed by atoms with Crippen LogP contribution < -0.4 is 10.1 Å². The highest BCUT2D eigenvalue weighted by Crippen LogP contribution is 2.27. The second-order valence-corrected chi connectivity index (χ2v) is 12.0. The Balaban J connectivity index is 1.38. The van der Waals surface area contributed by atoms with Crippen LogP contribution in [0.1, 0.15) is 130 Å². The molecule has 6 heteroatoms. The van der Waals surface area contributed by atoms with Gasteiger partial charge >= 0.3 is 0 Å². The van der Waals surface area contributed by atoms with Crippen LogP contribution >= 0.6 is 11.8 Å². The van der Waals surface area contributed by atoms with E-state index in [2.05, 4.69) is 28.7 Å². The van der Waals surface area contributed by atoms with Crippen LogP contribution in [0.3, 0.4) is 0 Å². The van der Waals surface area contributed by atoms with Gasteiger partial charge in [0.1, 0.15) is 5.75 Å². The molecule has 0 spiro atoms. The molecule has 0 saturated heterocycles. The zero-order valence-electron chi connectivity index (χ0n) is 25.3. The molecule has 224 valence electrons. The lowest BCUT2D eigenvalue weighted by Crippen LogP contribution is -2.16. The van der Waals surface area contributed by atoms with Gasteiger partial charge in [-0.05, 0) is 48.6 Å². The van der Waals surface area contributed by atoms with Gasteiger partial charge in [-0.15, -0.1) is 11.8 Å². The third-order valence-electron chi connectivity index (χ3n) is 7.59. The van der Waals surface area contributed by atoms with Gasteiger partial charge in [0.25, 0.3) is 5.91 Å². The van der Waals surface area contributed by atoms with Gasteiger partial charge in [0.2, 0.25) is 0 Å². The Kier molecular flexibility index (Phi) is 15.5. The first-order chi connectivity index (χ1) is 20.1. The smallest absolute Gasteiger partial charge is 0.259 e. The normalized spacial score (nSPS) is 12.6. The summed E-state index contributed by atoms with van der Waals surface area (Å²) in [5.74, 6) is 0.986. The van der Waals surface area contributed by atoms with Crippen molar-refractivity contribution in [3.8, 4) is 5.75 Å². The van der Waals surface area contributed by atoms with E-state index in [-0.39, 0.29) is 11.7 Å². The minimum absolute atomic E-state index is 0.103. The number of amides is 1. The van der Waals surface area contributed by atoms with E-state index in [1.54, 1.807) is 30.0 Å². The quantitative estimate of drug-likeness (QED) is 0.118. The summed E-state index contributed by atoms with van der Waals surface area (Å²) >= 11 is 1.78. The van der Waals surface area contributed by atoms with Crippen molar-refractivity contribution in [3.63, 3.8) is 0 Å². The Bertz CT molecular complexity index is 1080. The number of unbranched alkanes of at least 4 members (excludes halogenated alkanes) is 13. The topological polar surface area (TPSA) is 58.6 Å². The lowest BCUT2D eigenvalue weighted by atomic mass is 10.0. The van der Waals surface area contributed by atoms with Gasteiger partial charge in [-0.1, -0.05) is 109 Å². The number of thioether (sulfide) groups is 1. The third-order valence-corrected chi connectivity index (χ3v) is 8.38. The van der Waals surface area contributed by atoms with E-state index in [0.29, 0.717) is 23.5 Å². The molecule has 3 rings (SSSR count). The van der Waals surface area contributed by atoms with Crippen molar-refractivity contribution in [2.24, 2.45) is 0 Å². The van der Waals surface area contributed by atoms with Crippen LogP contribution in [-0.2, 0) is 6.54 Å². The first-order valence-corrected chi connectivity index (χ1v) is 16.8. The molecule has 0 atom stereocenters. The molecule has 0 aliphatic carbocycles. The monoisotopic (exact) mass is 578 g/mol. The van der Waals surface area contributed by atoms with Gasteiger partial charge in [0.15, 0.2) is 5.78 Å². The zero-order chi connectivity index (χ0) is 29.1. The zero-order valence-corrected chi connectivity index (χ0v) is 26.1. The van der Waals surface area contributed by atoms with Crippen molar-refractivity contribution in [3.05, 3.63) is 70.8 Å². The fourth-order valence-corrected chi connectivity index (χ4v) is 5.87. The molecule has 0 bridgehead atoms. The molecular formula is C35H50N2O3S. The van der Waals surface area contributed by atoms with E-state index in [4.69, 9.17) is 4.74 Å². The van der Waals surface area contributed by atoms with Crippen LogP contribution in [0.15, 0.2) is 54.1 Å². The third kappa shape index (κ3) is 12.4. The predicted octanol–water partition coefficient (Wildman–Crippen LogP) is 9.98. The van der Waals surface area contributed by atoms with E-state index >= 15 is 0 Å². The van der Waals surface area contributed by atoms with Gasteiger partial charge in [-0.3, -0.25) is 9.59 Å². The summed E-state index contributed by atoms with van der Waals surface area (Å²) in [6, 6.07) is 13.1. The molecule has 1 aliphatic rings. The molecule has 1 amide bonds. The number of ketones is 1. The highest BCUT2D eigenvalue weighted by molar-refractivity contribution is 8.02. The number of Topliss-reactive ketones (excluding diaryl/α,β-unsaturated/α-hetero) is 1. The fourth-order valence-electron chi connectivity index (χ4n) is 5.16. The molecule has 5 nitrogen and oxygen atoms in total. The number of benzene rings is 2. The lowest BCUT2D eigenvalue weighted by molar-refractivity contribution is 0.101. The highest BCUT2D eigenvalue weighted by atomic mass is 32.2. The van der Waals surface area contributed by atoms with E-state index < -0.39 is 0 Å². The maximum atomic E-state index is 13.2. The Morgan fingerprint density at radius 3 is 1.95 bits per heavy atom. The van der Waals surface area contributed by atoms with E-state index in [1.165, 1.54) is 89.5 Å². The molecule has 0 unspecified atom stereocenters. The largest absolute Gasteiger partial charge is 0.492 e. The Morgan fingerprint density at radius 1 is 0.805 bits per heavy atom. The predicted molar refractivity (Wildman–Crippen MR) is 174 cm³/mol. The minimum atomic E-state index is -0.268. The van der Waals surface area contributed by atoms with E-state index in [1.807, 2.05) is 24.3 Å². The molecule has 0 fully saturated rings. The average Bonchev–Trinajstić information content (AvgIpc) is 3.49. The maximum absolute atomic E-state index is 13.2. The molecule has 2 aromatic carbocycles. The van der Waals surface area contributed by atoms with Crippen LogP contribution in [0.25, 0.3) is 0 Å². The molecule has 2 aromatic rings. The number of carbonyl (C=O) groups excluding carboxylic acids is 2. The maximum Gasteiger partial charge on any atom is 0.259 e. The van der Waals surface area contributed by atoms with Gasteiger partial charge in [-0.25, -0.2) is 0 Å². The molecule has 0 saturated carbocycles. The van der Waals surface area contributed by atoms with Gasteiger partial charge < -0.3 is 15.0 Å². The molecule has 1 aliphatic heterocycles. The van der Waals surface area contributed by atoms with Crippen LogP contribution in [0.4, 0.5) is 5.69 Å². The number of ether oxygens (including phenoxy) is 1. The lowest BCUT2D eigenvalue weighted by Gasteiger charge is -2.16. The Morgan fingerprint density at radius 2 is 1.39 bits per heavy atom. The van der Waals surface area contributed by atoms with E-state index in [0.717, 1.165) is 31.0 Å². The summed E-state index contributed by atoms with van der Waals surface area (Å²) in [5, 5.41) is 5.08. The first-order valence-electron chi connectivity index (χ1n) is 15.8. The average molecular weight is 579 g/mol. The molecule has 1 N–H and O–H groups in total. The van der Waals surface area contributed by atoms with Crippen molar-refractivity contribution < 1.29 is 14.3 Å². The minimum Gasteiger partial charge on any atom is -0.492 e. The number of nitrogens with one attached hydrogen (secondary N) is 1. The number of rotatable bonds is 21. The molecule has 0 aromatic heterocycles. The number of para-hydroxylation sites is 1. The van der Waals surface area contributed by atoms with Crippen LogP contribution in [0.5, 0.6) is 5.75 Å². The molecule has 1 heterocycles. The summed E-state index contributed by atoms with van der Waals surface area (Å²) in [7, 11) is 0. The van der Waals surface area contributed by atoms with Crippen molar-refractivity contribution in [1.82, 2.24) is 4.90 Å². The van der Waals surface area contributed by atoms with E-state index in [9.17, 15) is 9.59 Å². The fraction of sp³-hybridized carbons (Fsp3) is 0.543. The van der Waals surface area contributed by atoms with Gasteiger partial charge in [-0.2, -0.15) is 0 Å². The number of nitrogens with zero attached hydrogens (tertiary/aromatic N) is 1. The van der Waals surface area contributed by atoms with Crippen molar-refractivity contribution >= 4 is 29.1 Å². The molecule has 0 radical (unpaired) electrons. The Hall–Kier alpha value is -2.73. The standard InChI is InChI=1S/C35H50N2O3S/c1-3-4-5-6-7-8-9-10-11-12-13-14-15-16-25-40-34-32(29(2)38)18-17-19-33(34)35(39)36-31-22-20-30(21-23-31)27-37-24-26-41-28-37/h17-24,26H,3-16,25,27-28H2,1-2H3,(H,36,39). The number of hydrogen-bond acceptors (Lipinski definition) is 5. The first kappa shape index (κ1) is 32.8. The SMILES string of the molecule is CCCCCCCCCCCCCCCCOc1c(C(C)=O)cccc1C(=O)Nc1ccc(CN2C=CSC2)cc1. The number of hydrogen-bond donors (Lipinski definition) is 1. The summed E-state index contributed by atoms with van der Waals surface area (Å²) in [5.41, 5.74) is 2.75. The second-order valence-electron chi connectivity index (χ2n) is 11.2. The second kappa shape index (κ2) is 19.4. The van der Waals surface area contributed by atoms with Crippen molar-refractivity contribution in [2.75, 3.05) is 17.8 Å². The van der Waals surface area contributed by atoms with Crippen LogP contribution in [0, 0.1) is 0 Å². The van der Waals surface area contributed by atoms with Crippen molar-refractivity contribution in [1.29, 1.82) is 0 Å². The van der Waals surface area contributed by atoms with Crippen LogP contribution in [0.2, 0.25) is 0 Å². The Labute approximate surface area is 252 Å².